The Hall–Kier alpha value is -2.04. The van der Waals surface area contributed by atoms with Crippen molar-refractivity contribution in [3.8, 4) is 5.75 Å². The number of hydrogen-bond donors (Lipinski definition) is 1. The van der Waals surface area contributed by atoms with Gasteiger partial charge in [0, 0.05) is 19.0 Å². The number of rotatable bonds is 4. The number of nitrogens with zero attached hydrogens (tertiary/aromatic N) is 1. The Balaban J connectivity index is 1.67. The number of amides is 2. The summed E-state index contributed by atoms with van der Waals surface area (Å²) >= 11 is 0. The molecule has 124 valence electrons. The quantitative estimate of drug-likeness (QED) is 0.929. The van der Waals surface area contributed by atoms with Crippen molar-refractivity contribution in [1.82, 2.24) is 4.90 Å². The molecule has 1 saturated heterocycles. The lowest BCUT2D eigenvalue weighted by Crippen LogP contribution is -2.35. The maximum absolute atomic E-state index is 12.6. The van der Waals surface area contributed by atoms with Crippen molar-refractivity contribution >= 4 is 17.5 Å². The first-order valence-corrected chi connectivity index (χ1v) is 8.33. The van der Waals surface area contributed by atoms with E-state index in [2.05, 4.69) is 5.32 Å². The maximum atomic E-state index is 12.6. The van der Waals surface area contributed by atoms with Crippen LogP contribution in [0.1, 0.15) is 37.7 Å². The number of hydrogen-bond acceptors (Lipinski definition) is 3. The van der Waals surface area contributed by atoms with Crippen LogP contribution in [0, 0.1) is 12.8 Å². The summed E-state index contributed by atoms with van der Waals surface area (Å²) in [6.45, 7) is 2.51. The van der Waals surface area contributed by atoms with Crippen molar-refractivity contribution in [2.75, 3.05) is 19.0 Å². The topological polar surface area (TPSA) is 58.6 Å². The van der Waals surface area contributed by atoms with Crippen LogP contribution in [-0.4, -0.2) is 36.4 Å². The van der Waals surface area contributed by atoms with Gasteiger partial charge in [-0.15, -0.1) is 0 Å². The van der Waals surface area contributed by atoms with Gasteiger partial charge in [-0.3, -0.25) is 9.59 Å². The number of aryl methyl sites for hydroxylation is 1. The first-order chi connectivity index (χ1) is 11.1. The van der Waals surface area contributed by atoms with Crippen LogP contribution in [0.5, 0.6) is 5.75 Å². The number of likely N-dealkylation sites (tertiary alicyclic amines) is 1. The fraction of sp³-hybridized carbons (Fsp3) is 0.556. The molecule has 1 aliphatic heterocycles. The molecule has 1 saturated carbocycles. The van der Waals surface area contributed by atoms with Crippen molar-refractivity contribution in [1.29, 1.82) is 0 Å². The summed E-state index contributed by atoms with van der Waals surface area (Å²) in [7, 11) is 1.58. The second-order valence-electron chi connectivity index (χ2n) is 6.58. The third-order valence-corrected chi connectivity index (χ3v) is 4.91. The Labute approximate surface area is 137 Å². The standard InChI is InChI=1S/C18H24N2O3/c1-12-7-8-16(23-2)15(9-12)19-18(22)13-10-17(21)20(11-13)14-5-3-4-6-14/h7-9,13-14H,3-6,10-11H2,1-2H3,(H,19,22)/t13-/m0/s1. The zero-order chi connectivity index (χ0) is 16.4. The van der Waals surface area contributed by atoms with Gasteiger partial charge in [-0.05, 0) is 37.5 Å². The fourth-order valence-corrected chi connectivity index (χ4v) is 3.63. The van der Waals surface area contributed by atoms with E-state index in [0.29, 0.717) is 30.4 Å². The van der Waals surface area contributed by atoms with Crippen LogP contribution in [0.3, 0.4) is 0 Å². The highest BCUT2D eigenvalue weighted by molar-refractivity contribution is 5.98. The number of methoxy groups -OCH3 is 1. The zero-order valence-corrected chi connectivity index (χ0v) is 13.8. The van der Waals surface area contributed by atoms with Gasteiger partial charge in [0.2, 0.25) is 11.8 Å². The van der Waals surface area contributed by atoms with E-state index in [0.717, 1.165) is 18.4 Å². The number of nitrogens with one attached hydrogen (secondary N) is 1. The molecule has 5 heteroatoms. The Kier molecular flexibility index (Phi) is 4.55. The van der Waals surface area contributed by atoms with Crippen molar-refractivity contribution in [3.05, 3.63) is 23.8 Å². The van der Waals surface area contributed by atoms with Gasteiger partial charge in [-0.25, -0.2) is 0 Å². The molecule has 2 aliphatic rings. The van der Waals surface area contributed by atoms with Gasteiger partial charge in [-0.2, -0.15) is 0 Å². The molecular weight excluding hydrogens is 292 g/mol. The number of carbonyl (C=O) groups is 2. The molecule has 3 rings (SSSR count). The average Bonchev–Trinajstić information content (AvgIpc) is 3.16. The minimum atomic E-state index is -0.270. The van der Waals surface area contributed by atoms with Gasteiger partial charge in [-0.1, -0.05) is 18.9 Å². The van der Waals surface area contributed by atoms with Crippen LogP contribution in [-0.2, 0) is 9.59 Å². The van der Waals surface area contributed by atoms with Crippen LogP contribution in [0.2, 0.25) is 0 Å². The largest absolute Gasteiger partial charge is 0.495 e. The van der Waals surface area contributed by atoms with Crippen LogP contribution in [0.15, 0.2) is 18.2 Å². The molecule has 1 N–H and O–H groups in total. The van der Waals surface area contributed by atoms with Gasteiger partial charge < -0.3 is 15.0 Å². The Morgan fingerprint density at radius 1 is 1.30 bits per heavy atom. The molecular formula is C18H24N2O3. The van der Waals surface area contributed by atoms with Crippen molar-refractivity contribution in [2.24, 2.45) is 5.92 Å². The van der Waals surface area contributed by atoms with Crippen molar-refractivity contribution in [2.45, 2.75) is 45.1 Å². The first-order valence-electron chi connectivity index (χ1n) is 8.33. The number of carbonyl (C=O) groups excluding carboxylic acids is 2. The summed E-state index contributed by atoms with van der Waals surface area (Å²) in [6, 6.07) is 6.02. The highest BCUT2D eigenvalue weighted by Crippen LogP contribution is 2.31. The van der Waals surface area contributed by atoms with E-state index in [1.165, 1.54) is 12.8 Å². The Morgan fingerprint density at radius 3 is 2.74 bits per heavy atom. The highest BCUT2D eigenvalue weighted by atomic mass is 16.5. The molecule has 0 spiro atoms. The first kappa shape index (κ1) is 15.8. The van der Waals surface area contributed by atoms with Gasteiger partial charge in [0.05, 0.1) is 18.7 Å². The third kappa shape index (κ3) is 3.33. The number of benzene rings is 1. The van der Waals surface area contributed by atoms with Crippen molar-refractivity contribution in [3.63, 3.8) is 0 Å². The van der Waals surface area contributed by atoms with Gasteiger partial charge >= 0.3 is 0 Å². The normalized spacial score (nSPS) is 21.7. The molecule has 0 radical (unpaired) electrons. The molecule has 5 nitrogen and oxygen atoms in total. The maximum Gasteiger partial charge on any atom is 0.229 e. The molecule has 23 heavy (non-hydrogen) atoms. The minimum Gasteiger partial charge on any atom is -0.495 e. The predicted molar refractivity (Wildman–Crippen MR) is 88.4 cm³/mol. The summed E-state index contributed by atoms with van der Waals surface area (Å²) in [5.41, 5.74) is 1.72. The van der Waals surface area contributed by atoms with Gasteiger partial charge in [0.1, 0.15) is 5.75 Å². The van der Waals surface area contributed by atoms with Crippen molar-refractivity contribution < 1.29 is 14.3 Å². The van der Waals surface area contributed by atoms with Gasteiger partial charge in [0.25, 0.3) is 0 Å². The molecule has 1 aliphatic carbocycles. The summed E-state index contributed by atoms with van der Waals surface area (Å²) < 4.78 is 5.30. The molecule has 0 bridgehead atoms. The molecule has 2 fully saturated rings. The SMILES string of the molecule is COc1ccc(C)cc1NC(=O)[C@H]1CC(=O)N(C2CCCC2)C1. The highest BCUT2D eigenvalue weighted by Gasteiger charge is 2.38. The summed E-state index contributed by atoms with van der Waals surface area (Å²) in [5.74, 6) is 0.394. The Morgan fingerprint density at radius 2 is 2.04 bits per heavy atom. The van der Waals surface area contributed by atoms with Gasteiger partial charge in [0.15, 0.2) is 0 Å². The minimum absolute atomic E-state index is 0.0947. The molecule has 0 aromatic heterocycles. The molecule has 0 unspecified atom stereocenters. The Bertz CT molecular complexity index is 608. The monoisotopic (exact) mass is 316 g/mol. The summed E-state index contributed by atoms with van der Waals surface area (Å²) in [4.78, 5) is 26.7. The van der Waals surface area contributed by atoms with E-state index in [1.54, 1.807) is 7.11 Å². The lowest BCUT2D eigenvalue weighted by molar-refractivity contribution is -0.129. The zero-order valence-electron chi connectivity index (χ0n) is 13.8. The lowest BCUT2D eigenvalue weighted by Gasteiger charge is -2.24. The third-order valence-electron chi connectivity index (χ3n) is 4.91. The van der Waals surface area contributed by atoms with E-state index in [1.807, 2.05) is 30.0 Å². The molecule has 1 aromatic carbocycles. The van der Waals surface area contributed by atoms with Crippen LogP contribution < -0.4 is 10.1 Å². The molecule has 1 heterocycles. The lowest BCUT2D eigenvalue weighted by atomic mass is 10.1. The average molecular weight is 316 g/mol. The predicted octanol–water partition coefficient (Wildman–Crippen LogP) is 2.73. The fourth-order valence-electron chi connectivity index (χ4n) is 3.63. The number of anilines is 1. The van der Waals surface area contributed by atoms with E-state index >= 15 is 0 Å². The molecule has 1 atom stereocenters. The summed E-state index contributed by atoms with van der Waals surface area (Å²) in [5, 5.41) is 2.93. The number of ether oxygens (including phenoxy) is 1. The smallest absolute Gasteiger partial charge is 0.229 e. The molecule has 2 amide bonds. The van der Waals surface area contributed by atoms with E-state index in [4.69, 9.17) is 4.74 Å². The van der Waals surface area contributed by atoms with Crippen LogP contribution in [0.25, 0.3) is 0 Å². The summed E-state index contributed by atoms with van der Waals surface area (Å²) in [6.07, 6.45) is 4.84. The molecule has 1 aromatic rings. The second kappa shape index (κ2) is 6.60. The van der Waals surface area contributed by atoms with E-state index < -0.39 is 0 Å². The van der Waals surface area contributed by atoms with E-state index in [-0.39, 0.29) is 17.7 Å². The van der Waals surface area contributed by atoms with Crippen LogP contribution >= 0.6 is 0 Å². The van der Waals surface area contributed by atoms with Crippen LogP contribution in [0.4, 0.5) is 5.69 Å². The van der Waals surface area contributed by atoms with E-state index in [9.17, 15) is 9.59 Å². The second-order valence-corrected chi connectivity index (χ2v) is 6.58.